The van der Waals surface area contributed by atoms with Crippen molar-refractivity contribution >= 4 is 11.9 Å². The second-order valence-electron chi connectivity index (χ2n) is 5.49. The van der Waals surface area contributed by atoms with Crippen LogP contribution in [0.5, 0.6) is 0 Å². The average Bonchev–Trinajstić information content (AvgIpc) is 2.89. The van der Waals surface area contributed by atoms with E-state index in [0.717, 1.165) is 13.1 Å². The second-order valence-corrected chi connectivity index (χ2v) is 5.49. The lowest BCUT2D eigenvalue weighted by Crippen LogP contribution is -2.29. The number of anilines is 1. The molecule has 1 aromatic rings. The minimum Gasteiger partial charge on any atom is -0.478 e. The molecule has 0 amide bonds. The Morgan fingerprint density at radius 3 is 2.80 bits per heavy atom. The molecule has 0 spiro atoms. The van der Waals surface area contributed by atoms with E-state index in [1.165, 1.54) is 32.1 Å². The first kappa shape index (κ1) is 14.7. The van der Waals surface area contributed by atoms with Crippen molar-refractivity contribution in [1.29, 1.82) is 0 Å². The number of carbonyl (C=O) groups is 1. The highest BCUT2D eigenvalue weighted by atomic mass is 16.4. The van der Waals surface area contributed by atoms with Gasteiger partial charge in [-0.3, -0.25) is 0 Å². The summed E-state index contributed by atoms with van der Waals surface area (Å²) in [5.41, 5.74) is 0.642. The van der Waals surface area contributed by atoms with Crippen LogP contribution in [0.15, 0.2) is 6.20 Å². The summed E-state index contributed by atoms with van der Waals surface area (Å²) >= 11 is 0. The molecule has 1 unspecified atom stereocenters. The van der Waals surface area contributed by atoms with Gasteiger partial charge in [0.25, 0.3) is 0 Å². The van der Waals surface area contributed by atoms with Crippen molar-refractivity contribution in [2.75, 3.05) is 31.5 Å². The van der Waals surface area contributed by atoms with Gasteiger partial charge in [-0.1, -0.05) is 6.92 Å². The van der Waals surface area contributed by atoms with Crippen LogP contribution in [0.2, 0.25) is 0 Å². The Balaban J connectivity index is 1.84. The maximum Gasteiger partial charge on any atom is 0.339 e. The third kappa shape index (κ3) is 3.90. The van der Waals surface area contributed by atoms with E-state index in [0.29, 0.717) is 17.6 Å². The maximum atomic E-state index is 10.9. The van der Waals surface area contributed by atoms with Gasteiger partial charge in [0.1, 0.15) is 0 Å². The third-order valence-electron chi connectivity index (χ3n) is 3.59. The quantitative estimate of drug-likeness (QED) is 0.823. The van der Waals surface area contributed by atoms with Crippen LogP contribution in [0.25, 0.3) is 0 Å². The molecule has 6 nitrogen and oxygen atoms in total. The van der Waals surface area contributed by atoms with Crippen LogP contribution in [0.4, 0.5) is 5.95 Å². The van der Waals surface area contributed by atoms with Crippen LogP contribution in [0.1, 0.15) is 35.8 Å². The largest absolute Gasteiger partial charge is 0.478 e. The molecule has 0 aliphatic carbocycles. The summed E-state index contributed by atoms with van der Waals surface area (Å²) in [7, 11) is 0. The minimum absolute atomic E-state index is 0.153. The number of carboxylic acid groups (broad SMARTS) is 1. The number of aryl methyl sites for hydroxylation is 1. The summed E-state index contributed by atoms with van der Waals surface area (Å²) in [6.45, 7) is 8.16. The Bertz CT molecular complexity index is 472. The molecule has 0 radical (unpaired) electrons. The number of hydrogen-bond acceptors (Lipinski definition) is 5. The molecule has 0 saturated carbocycles. The second kappa shape index (κ2) is 6.65. The van der Waals surface area contributed by atoms with Crippen molar-refractivity contribution in [2.24, 2.45) is 5.92 Å². The first-order valence-electron chi connectivity index (χ1n) is 7.09. The highest BCUT2D eigenvalue weighted by Crippen LogP contribution is 2.11. The van der Waals surface area contributed by atoms with Crippen molar-refractivity contribution < 1.29 is 9.90 Å². The fraction of sp³-hybridized carbons (Fsp3) is 0.643. The third-order valence-corrected chi connectivity index (χ3v) is 3.59. The number of likely N-dealkylation sites (tertiary alicyclic amines) is 1. The molecule has 2 N–H and O–H groups in total. The predicted octanol–water partition coefficient (Wildman–Crippen LogP) is 1.63. The first-order valence-corrected chi connectivity index (χ1v) is 7.09. The molecule has 1 aliphatic heterocycles. The lowest BCUT2D eigenvalue weighted by atomic mass is 10.1. The van der Waals surface area contributed by atoms with Crippen LogP contribution in [-0.4, -0.2) is 52.1 Å². The van der Waals surface area contributed by atoms with Crippen molar-refractivity contribution in [3.8, 4) is 0 Å². The summed E-state index contributed by atoms with van der Waals surface area (Å²) in [6.07, 6.45) is 3.97. The van der Waals surface area contributed by atoms with E-state index >= 15 is 0 Å². The Kier molecular flexibility index (Phi) is 4.89. The zero-order chi connectivity index (χ0) is 14.5. The van der Waals surface area contributed by atoms with Gasteiger partial charge in [-0.05, 0) is 38.8 Å². The lowest BCUT2D eigenvalue weighted by molar-refractivity contribution is 0.0695. The molecule has 2 rings (SSSR count). The zero-order valence-corrected chi connectivity index (χ0v) is 12.1. The highest BCUT2D eigenvalue weighted by Gasteiger charge is 2.15. The smallest absolute Gasteiger partial charge is 0.339 e. The molecular formula is C14H22N4O2. The molecule has 1 fully saturated rings. The monoisotopic (exact) mass is 278 g/mol. The number of nitrogens with zero attached hydrogens (tertiary/aromatic N) is 3. The summed E-state index contributed by atoms with van der Waals surface area (Å²) < 4.78 is 0. The number of aromatic carboxylic acids is 1. The summed E-state index contributed by atoms with van der Waals surface area (Å²) in [4.78, 5) is 21.6. The van der Waals surface area contributed by atoms with Crippen LogP contribution >= 0.6 is 0 Å². The zero-order valence-electron chi connectivity index (χ0n) is 12.1. The minimum atomic E-state index is -0.989. The summed E-state index contributed by atoms with van der Waals surface area (Å²) in [6, 6.07) is 0. The van der Waals surface area contributed by atoms with E-state index in [9.17, 15) is 4.79 Å². The van der Waals surface area contributed by atoms with Crippen LogP contribution in [-0.2, 0) is 0 Å². The van der Waals surface area contributed by atoms with E-state index < -0.39 is 5.97 Å². The molecule has 1 aliphatic rings. The highest BCUT2D eigenvalue weighted by molar-refractivity contribution is 5.88. The van der Waals surface area contributed by atoms with Gasteiger partial charge in [0.2, 0.25) is 5.95 Å². The number of nitrogens with one attached hydrogen (secondary N) is 1. The molecule has 20 heavy (non-hydrogen) atoms. The Morgan fingerprint density at radius 2 is 2.20 bits per heavy atom. The SMILES string of the molecule is Cc1nc(NCC(C)CN2CCCC2)ncc1C(=O)O. The van der Waals surface area contributed by atoms with Gasteiger partial charge >= 0.3 is 5.97 Å². The molecular weight excluding hydrogens is 256 g/mol. The Morgan fingerprint density at radius 1 is 1.50 bits per heavy atom. The van der Waals surface area contributed by atoms with Crippen LogP contribution in [0.3, 0.4) is 0 Å². The van der Waals surface area contributed by atoms with Gasteiger partial charge < -0.3 is 15.3 Å². The molecule has 0 aromatic carbocycles. The average molecular weight is 278 g/mol. The predicted molar refractivity (Wildman–Crippen MR) is 77.1 cm³/mol. The molecule has 1 atom stereocenters. The molecule has 0 bridgehead atoms. The van der Waals surface area contributed by atoms with Gasteiger partial charge in [-0.2, -0.15) is 0 Å². The molecule has 2 heterocycles. The van der Waals surface area contributed by atoms with Gasteiger partial charge in [0, 0.05) is 19.3 Å². The van der Waals surface area contributed by atoms with Crippen molar-refractivity contribution in [3.63, 3.8) is 0 Å². The van der Waals surface area contributed by atoms with Crippen molar-refractivity contribution in [1.82, 2.24) is 14.9 Å². The van der Waals surface area contributed by atoms with Gasteiger partial charge in [-0.25, -0.2) is 14.8 Å². The Hall–Kier alpha value is -1.69. The Labute approximate surface area is 119 Å². The van der Waals surface area contributed by atoms with E-state index in [1.807, 2.05) is 0 Å². The van der Waals surface area contributed by atoms with Crippen molar-refractivity contribution in [2.45, 2.75) is 26.7 Å². The van der Waals surface area contributed by atoms with Gasteiger partial charge in [0.15, 0.2) is 0 Å². The van der Waals surface area contributed by atoms with Crippen LogP contribution in [0, 0.1) is 12.8 Å². The summed E-state index contributed by atoms with van der Waals surface area (Å²) in [5.74, 6) is 0.0216. The van der Waals surface area contributed by atoms with E-state index in [4.69, 9.17) is 5.11 Å². The van der Waals surface area contributed by atoms with Gasteiger partial charge in [0.05, 0.1) is 11.3 Å². The standard InChI is InChI=1S/C14H22N4O2/c1-10(9-18-5-3-4-6-18)7-15-14-16-8-12(13(19)20)11(2)17-14/h8,10H,3-7,9H2,1-2H3,(H,19,20)(H,15,16,17). The number of rotatable bonds is 6. The van der Waals surface area contributed by atoms with Crippen LogP contribution < -0.4 is 5.32 Å². The normalized spacial score (nSPS) is 17.1. The summed E-state index contributed by atoms with van der Waals surface area (Å²) in [5, 5.41) is 12.1. The lowest BCUT2D eigenvalue weighted by Gasteiger charge is -2.20. The number of carboxylic acids is 1. The van der Waals surface area contributed by atoms with E-state index in [-0.39, 0.29) is 5.56 Å². The van der Waals surface area contributed by atoms with Crippen molar-refractivity contribution in [3.05, 3.63) is 17.5 Å². The van der Waals surface area contributed by atoms with Gasteiger partial charge in [-0.15, -0.1) is 0 Å². The molecule has 6 heteroatoms. The number of aromatic nitrogens is 2. The molecule has 1 saturated heterocycles. The maximum absolute atomic E-state index is 10.9. The number of hydrogen-bond donors (Lipinski definition) is 2. The van der Waals surface area contributed by atoms with E-state index in [1.54, 1.807) is 6.92 Å². The fourth-order valence-electron chi connectivity index (χ4n) is 2.50. The topological polar surface area (TPSA) is 78.4 Å². The van der Waals surface area contributed by atoms with E-state index in [2.05, 4.69) is 27.1 Å². The molecule has 110 valence electrons. The first-order chi connectivity index (χ1) is 9.56. The fourth-order valence-corrected chi connectivity index (χ4v) is 2.50. The molecule has 1 aromatic heterocycles.